The van der Waals surface area contributed by atoms with Crippen LogP contribution in [0.2, 0.25) is 0 Å². The minimum absolute atomic E-state index is 0.367. The van der Waals surface area contributed by atoms with Crippen LogP contribution in [0.5, 0.6) is 0 Å². The highest BCUT2D eigenvalue weighted by atomic mass is 16.4. The summed E-state index contributed by atoms with van der Waals surface area (Å²) >= 11 is 0. The van der Waals surface area contributed by atoms with Crippen LogP contribution in [0.25, 0.3) is 0 Å². The molecule has 2 aromatic heterocycles. The first-order valence-electron chi connectivity index (χ1n) is 6.05. The molecule has 1 fully saturated rings. The molecule has 0 amide bonds. The third kappa shape index (κ3) is 2.01. The Bertz CT molecular complexity index is 505. The van der Waals surface area contributed by atoms with E-state index in [0.717, 1.165) is 43.2 Å². The van der Waals surface area contributed by atoms with Crippen LogP contribution in [0, 0.1) is 0 Å². The van der Waals surface area contributed by atoms with E-state index in [9.17, 15) is 0 Å². The number of aromatic nitrogens is 3. The van der Waals surface area contributed by atoms with Gasteiger partial charge in [-0.1, -0.05) is 0 Å². The molecular formula is C12H15N5O. The lowest BCUT2D eigenvalue weighted by atomic mass is 9.96. The second-order valence-corrected chi connectivity index (χ2v) is 4.47. The molecule has 0 aromatic carbocycles. The Morgan fingerprint density at radius 3 is 2.83 bits per heavy atom. The highest BCUT2D eigenvalue weighted by Gasteiger charge is 2.24. The van der Waals surface area contributed by atoms with Crippen molar-refractivity contribution in [3.8, 4) is 0 Å². The number of hydrogen-bond donors (Lipinski definition) is 1. The lowest BCUT2D eigenvalue weighted by Crippen LogP contribution is -2.33. The molecular weight excluding hydrogens is 230 g/mol. The minimum atomic E-state index is 0.367. The van der Waals surface area contributed by atoms with Gasteiger partial charge in [0.25, 0.3) is 0 Å². The number of nitrogens with zero attached hydrogens (tertiary/aromatic N) is 4. The fraction of sp³-hybridized carbons (Fsp3) is 0.417. The summed E-state index contributed by atoms with van der Waals surface area (Å²) in [7, 11) is 0. The third-order valence-electron chi connectivity index (χ3n) is 3.39. The Morgan fingerprint density at radius 2 is 2.17 bits per heavy atom. The molecule has 0 aliphatic carbocycles. The predicted molar refractivity (Wildman–Crippen MR) is 67.1 cm³/mol. The van der Waals surface area contributed by atoms with Crippen molar-refractivity contribution in [3.05, 3.63) is 30.7 Å². The molecule has 2 N–H and O–H groups in total. The van der Waals surface area contributed by atoms with Crippen LogP contribution in [-0.4, -0.2) is 28.3 Å². The molecule has 0 atom stereocenters. The number of nitrogen functional groups attached to an aromatic ring is 1. The molecule has 0 radical (unpaired) electrons. The smallest absolute Gasteiger partial charge is 0.219 e. The van der Waals surface area contributed by atoms with Gasteiger partial charge in [-0.05, 0) is 18.9 Å². The SMILES string of the molecule is Nc1cnccc1N1CCC(c2nnco2)CC1. The lowest BCUT2D eigenvalue weighted by molar-refractivity contribution is 0.393. The van der Waals surface area contributed by atoms with E-state index in [4.69, 9.17) is 10.2 Å². The maximum absolute atomic E-state index is 5.94. The van der Waals surface area contributed by atoms with Crippen LogP contribution in [0.1, 0.15) is 24.7 Å². The predicted octanol–water partition coefficient (Wildman–Crippen LogP) is 1.43. The minimum Gasteiger partial charge on any atom is -0.428 e. The standard InChI is InChI=1S/C12H15N5O/c13-10-7-14-4-1-11(10)17-5-2-9(3-6-17)12-16-15-8-18-12/h1,4,7-9H,2-3,5-6,13H2. The molecule has 1 saturated heterocycles. The van der Waals surface area contributed by atoms with Gasteiger partial charge in [0, 0.05) is 25.2 Å². The molecule has 3 rings (SSSR count). The molecule has 2 aromatic rings. The zero-order valence-electron chi connectivity index (χ0n) is 9.99. The third-order valence-corrected chi connectivity index (χ3v) is 3.39. The summed E-state index contributed by atoms with van der Waals surface area (Å²) < 4.78 is 5.26. The van der Waals surface area contributed by atoms with Crippen LogP contribution in [0.3, 0.4) is 0 Å². The molecule has 0 spiro atoms. The number of nitrogens with two attached hydrogens (primary N) is 1. The van der Waals surface area contributed by atoms with Gasteiger partial charge in [0.1, 0.15) is 0 Å². The maximum atomic E-state index is 5.94. The first kappa shape index (κ1) is 11.0. The summed E-state index contributed by atoms with van der Waals surface area (Å²) in [5.41, 5.74) is 7.73. The molecule has 0 saturated carbocycles. The van der Waals surface area contributed by atoms with Crippen molar-refractivity contribution in [2.45, 2.75) is 18.8 Å². The normalized spacial score (nSPS) is 17.0. The van der Waals surface area contributed by atoms with Crippen molar-refractivity contribution >= 4 is 11.4 Å². The fourth-order valence-electron chi connectivity index (χ4n) is 2.41. The number of anilines is 2. The quantitative estimate of drug-likeness (QED) is 0.862. The van der Waals surface area contributed by atoms with E-state index in [2.05, 4.69) is 20.1 Å². The second kappa shape index (κ2) is 4.64. The average Bonchev–Trinajstić information content (AvgIpc) is 2.94. The Kier molecular flexibility index (Phi) is 2.84. The van der Waals surface area contributed by atoms with Crippen LogP contribution in [0.4, 0.5) is 11.4 Å². The first-order valence-corrected chi connectivity index (χ1v) is 6.05. The zero-order chi connectivity index (χ0) is 12.4. The van der Waals surface area contributed by atoms with Gasteiger partial charge in [-0.15, -0.1) is 10.2 Å². The van der Waals surface area contributed by atoms with Gasteiger partial charge < -0.3 is 15.1 Å². The highest BCUT2D eigenvalue weighted by molar-refractivity contribution is 5.66. The van der Waals surface area contributed by atoms with Crippen molar-refractivity contribution < 1.29 is 4.42 Å². The maximum Gasteiger partial charge on any atom is 0.219 e. The number of hydrogen-bond acceptors (Lipinski definition) is 6. The van der Waals surface area contributed by atoms with Crippen molar-refractivity contribution in [2.24, 2.45) is 0 Å². The fourth-order valence-corrected chi connectivity index (χ4v) is 2.41. The Hall–Kier alpha value is -2.11. The van der Waals surface area contributed by atoms with Gasteiger partial charge >= 0.3 is 0 Å². The van der Waals surface area contributed by atoms with Gasteiger partial charge in [0.05, 0.1) is 17.6 Å². The van der Waals surface area contributed by atoms with E-state index >= 15 is 0 Å². The molecule has 0 unspecified atom stereocenters. The van der Waals surface area contributed by atoms with E-state index in [1.165, 1.54) is 6.39 Å². The van der Waals surface area contributed by atoms with E-state index in [1.54, 1.807) is 12.4 Å². The summed E-state index contributed by atoms with van der Waals surface area (Å²) in [5.74, 6) is 1.11. The topological polar surface area (TPSA) is 81.1 Å². The number of piperidine rings is 1. The number of rotatable bonds is 2. The van der Waals surface area contributed by atoms with Gasteiger partial charge in [0.2, 0.25) is 12.3 Å². The van der Waals surface area contributed by atoms with E-state index < -0.39 is 0 Å². The molecule has 6 heteroatoms. The summed E-state index contributed by atoms with van der Waals surface area (Å²) in [6.07, 6.45) is 6.87. The van der Waals surface area contributed by atoms with E-state index in [1.807, 2.05) is 6.07 Å². The molecule has 18 heavy (non-hydrogen) atoms. The highest BCUT2D eigenvalue weighted by Crippen LogP contribution is 2.31. The average molecular weight is 245 g/mol. The summed E-state index contributed by atoms with van der Waals surface area (Å²) in [4.78, 5) is 6.29. The van der Waals surface area contributed by atoms with Crippen LogP contribution >= 0.6 is 0 Å². The Morgan fingerprint density at radius 1 is 1.33 bits per heavy atom. The van der Waals surface area contributed by atoms with Crippen molar-refractivity contribution in [3.63, 3.8) is 0 Å². The van der Waals surface area contributed by atoms with Crippen molar-refractivity contribution in [2.75, 3.05) is 23.7 Å². The Labute approximate surface area is 105 Å². The van der Waals surface area contributed by atoms with Crippen molar-refractivity contribution in [1.82, 2.24) is 15.2 Å². The van der Waals surface area contributed by atoms with Gasteiger partial charge in [0.15, 0.2) is 0 Å². The summed E-state index contributed by atoms with van der Waals surface area (Å²) in [5, 5.41) is 7.72. The van der Waals surface area contributed by atoms with Crippen LogP contribution in [0.15, 0.2) is 29.3 Å². The summed E-state index contributed by atoms with van der Waals surface area (Å²) in [6.45, 7) is 1.89. The molecule has 3 heterocycles. The molecule has 94 valence electrons. The largest absolute Gasteiger partial charge is 0.428 e. The first-order chi connectivity index (χ1) is 8.84. The summed E-state index contributed by atoms with van der Waals surface area (Å²) in [6, 6.07) is 1.96. The van der Waals surface area contributed by atoms with Gasteiger partial charge in [-0.25, -0.2) is 0 Å². The van der Waals surface area contributed by atoms with Gasteiger partial charge in [-0.2, -0.15) is 0 Å². The number of pyridine rings is 1. The molecule has 1 aliphatic rings. The van der Waals surface area contributed by atoms with Crippen LogP contribution < -0.4 is 10.6 Å². The second-order valence-electron chi connectivity index (χ2n) is 4.47. The zero-order valence-corrected chi connectivity index (χ0v) is 9.99. The van der Waals surface area contributed by atoms with E-state index in [-0.39, 0.29) is 0 Å². The Balaban J connectivity index is 1.69. The van der Waals surface area contributed by atoms with Gasteiger partial charge in [-0.3, -0.25) is 4.98 Å². The lowest BCUT2D eigenvalue weighted by Gasteiger charge is -2.32. The monoisotopic (exact) mass is 245 g/mol. The molecule has 1 aliphatic heterocycles. The van der Waals surface area contributed by atoms with Crippen LogP contribution in [-0.2, 0) is 0 Å². The molecule has 0 bridgehead atoms. The van der Waals surface area contributed by atoms with Crippen molar-refractivity contribution in [1.29, 1.82) is 0 Å². The van der Waals surface area contributed by atoms with E-state index in [0.29, 0.717) is 5.92 Å². The molecule has 6 nitrogen and oxygen atoms in total.